The Morgan fingerprint density at radius 2 is 1.94 bits per heavy atom. The molecule has 1 aromatic carbocycles. The summed E-state index contributed by atoms with van der Waals surface area (Å²) >= 11 is 0. The van der Waals surface area contributed by atoms with Crippen molar-refractivity contribution in [2.45, 2.75) is 32.7 Å². The monoisotopic (exact) mass is 250 g/mol. The van der Waals surface area contributed by atoms with Gasteiger partial charge in [0.2, 0.25) is 0 Å². The van der Waals surface area contributed by atoms with E-state index in [-0.39, 0.29) is 11.6 Å². The van der Waals surface area contributed by atoms with Crippen molar-refractivity contribution in [1.29, 1.82) is 0 Å². The molecule has 4 nitrogen and oxygen atoms in total. The van der Waals surface area contributed by atoms with E-state index in [1.165, 1.54) is 0 Å². The normalized spacial score (nSPS) is 10.9. The smallest absolute Gasteiger partial charge is 0.315 e. The summed E-state index contributed by atoms with van der Waals surface area (Å²) in [6, 6.07) is 7.68. The van der Waals surface area contributed by atoms with Crippen molar-refractivity contribution >= 4 is 6.03 Å². The molecule has 0 bridgehead atoms. The highest BCUT2D eigenvalue weighted by Gasteiger charge is 2.12. The van der Waals surface area contributed by atoms with Gasteiger partial charge in [0.05, 0.1) is 7.11 Å². The molecule has 0 unspecified atom stereocenters. The van der Waals surface area contributed by atoms with Crippen LogP contribution in [-0.2, 0) is 6.42 Å². The zero-order valence-electron chi connectivity index (χ0n) is 11.5. The van der Waals surface area contributed by atoms with Gasteiger partial charge in [0.25, 0.3) is 0 Å². The first-order valence-electron chi connectivity index (χ1n) is 6.10. The molecule has 0 saturated heterocycles. The van der Waals surface area contributed by atoms with Crippen LogP contribution in [0, 0.1) is 0 Å². The lowest BCUT2D eigenvalue weighted by molar-refractivity contribution is 0.232. The topological polar surface area (TPSA) is 50.4 Å². The Morgan fingerprint density at radius 1 is 1.28 bits per heavy atom. The summed E-state index contributed by atoms with van der Waals surface area (Å²) in [5.74, 6) is 0.857. The number of urea groups is 1. The van der Waals surface area contributed by atoms with Crippen LogP contribution in [0.1, 0.15) is 26.3 Å². The van der Waals surface area contributed by atoms with Crippen molar-refractivity contribution in [1.82, 2.24) is 10.6 Å². The minimum absolute atomic E-state index is 0.141. The lowest BCUT2D eigenvalue weighted by atomic mass is 10.1. The number of hydrogen-bond acceptors (Lipinski definition) is 2. The molecule has 0 aliphatic rings. The Hall–Kier alpha value is -1.71. The minimum Gasteiger partial charge on any atom is -0.496 e. The highest BCUT2D eigenvalue weighted by molar-refractivity contribution is 5.74. The van der Waals surface area contributed by atoms with E-state index in [4.69, 9.17) is 4.74 Å². The molecule has 18 heavy (non-hydrogen) atoms. The van der Waals surface area contributed by atoms with Gasteiger partial charge in [0, 0.05) is 12.1 Å². The number of carbonyl (C=O) groups excluding carboxylic acids is 1. The number of rotatable bonds is 4. The second kappa shape index (κ2) is 6.28. The minimum atomic E-state index is -0.214. The van der Waals surface area contributed by atoms with Gasteiger partial charge in [0.1, 0.15) is 5.75 Å². The van der Waals surface area contributed by atoms with Crippen LogP contribution in [0.4, 0.5) is 4.79 Å². The Morgan fingerprint density at radius 3 is 2.56 bits per heavy atom. The predicted octanol–water partition coefficient (Wildman–Crippen LogP) is 2.34. The molecule has 100 valence electrons. The third-order valence-corrected chi connectivity index (χ3v) is 2.36. The molecule has 0 aliphatic carbocycles. The van der Waals surface area contributed by atoms with Crippen LogP contribution in [-0.4, -0.2) is 25.2 Å². The molecule has 0 saturated carbocycles. The Labute approximate surface area is 109 Å². The van der Waals surface area contributed by atoms with Crippen LogP contribution in [0.25, 0.3) is 0 Å². The molecule has 0 aromatic heterocycles. The van der Waals surface area contributed by atoms with E-state index in [0.29, 0.717) is 6.54 Å². The lowest BCUT2D eigenvalue weighted by Crippen LogP contribution is -2.46. The van der Waals surface area contributed by atoms with Crippen LogP contribution >= 0.6 is 0 Å². The number of hydrogen-bond donors (Lipinski definition) is 2. The van der Waals surface area contributed by atoms with Crippen molar-refractivity contribution in [3.63, 3.8) is 0 Å². The summed E-state index contributed by atoms with van der Waals surface area (Å²) in [4.78, 5) is 11.5. The highest BCUT2D eigenvalue weighted by Crippen LogP contribution is 2.17. The van der Waals surface area contributed by atoms with Crippen molar-refractivity contribution < 1.29 is 9.53 Å². The average Bonchev–Trinajstić information content (AvgIpc) is 2.27. The zero-order chi connectivity index (χ0) is 13.6. The number of benzene rings is 1. The van der Waals surface area contributed by atoms with Crippen LogP contribution in [0.5, 0.6) is 5.75 Å². The number of ether oxygens (including phenoxy) is 1. The number of nitrogens with one attached hydrogen (secondary N) is 2. The summed E-state index contributed by atoms with van der Waals surface area (Å²) in [7, 11) is 1.65. The molecular formula is C14H22N2O2. The SMILES string of the molecule is COc1ccccc1CCNC(=O)NC(C)(C)C. The summed E-state index contributed by atoms with van der Waals surface area (Å²) in [5, 5.41) is 5.69. The van der Waals surface area contributed by atoms with E-state index in [9.17, 15) is 4.79 Å². The second-order valence-corrected chi connectivity index (χ2v) is 5.19. The number of carbonyl (C=O) groups is 1. The first kappa shape index (κ1) is 14.4. The molecule has 0 heterocycles. The van der Waals surface area contributed by atoms with Crippen molar-refractivity contribution in [2.24, 2.45) is 0 Å². The number of amides is 2. The van der Waals surface area contributed by atoms with E-state index < -0.39 is 0 Å². The molecule has 4 heteroatoms. The number of methoxy groups -OCH3 is 1. The molecule has 0 atom stereocenters. The van der Waals surface area contributed by atoms with E-state index in [2.05, 4.69) is 10.6 Å². The van der Waals surface area contributed by atoms with E-state index in [0.717, 1.165) is 17.7 Å². The van der Waals surface area contributed by atoms with Gasteiger partial charge in [-0.15, -0.1) is 0 Å². The quantitative estimate of drug-likeness (QED) is 0.861. The fourth-order valence-electron chi connectivity index (χ4n) is 1.60. The van der Waals surface area contributed by atoms with E-state index >= 15 is 0 Å². The van der Waals surface area contributed by atoms with Crippen molar-refractivity contribution in [2.75, 3.05) is 13.7 Å². The molecule has 0 fully saturated rings. The first-order valence-corrected chi connectivity index (χ1v) is 6.10. The zero-order valence-corrected chi connectivity index (χ0v) is 11.5. The molecule has 0 radical (unpaired) electrons. The molecule has 1 rings (SSSR count). The maximum Gasteiger partial charge on any atom is 0.315 e. The van der Waals surface area contributed by atoms with Crippen molar-refractivity contribution in [3.05, 3.63) is 29.8 Å². The molecule has 2 N–H and O–H groups in total. The standard InChI is InChI=1S/C14H22N2O2/c1-14(2,3)16-13(17)15-10-9-11-7-5-6-8-12(11)18-4/h5-8H,9-10H2,1-4H3,(H2,15,16,17). The summed E-state index contributed by atoms with van der Waals surface area (Å²) in [5.41, 5.74) is 0.880. The third-order valence-electron chi connectivity index (χ3n) is 2.36. The largest absolute Gasteiger partial charge is 0.496 e. The van der Waals surface area contributed by atoms with Gasteiger partial charge in [-0.1, -0.05) is 18.2 Å². The lowest BCUT2D eigenvalue weighted by Gasteiger charge is -2.20. The molecule has 1 aromatic rings. The van der Waals surface area contributed by atoms with Gasteiger partial charge < -0.3 is 15.4 Å². The second-order valence-electron chi connectivity index (χ2n) is 5.19. The Kier molecular flexibility index (Phi) is 5.01. The maximum absolute atomic E-state index is 11.5. The Balaban J connectivity index is 2.40. The Bertz CT molecular complexity index is 397. The molecular weight excluding hydrogens is 228 g/mol. The first-order chi connectivity index (χ1) is 8.42. The van der Waals surface area contributed by atoms with Crippen LogP contribution in [0.15, 0.2) is 24.3 Å². The molecule has 0 spiro atoms. The fourth-order valence-corrected chi connectivity index (χ4v) is 1.60. The molecule has 2 amide bonds. The fraction of sp³-hybridized carbons (Fsp3) is 0.500. The highest BCUT2D eigenvalue weighted by atomic mass is 16.5. The van der Waals surface area contributed by atoms with Crippen LogP contribution in [0.2, 0.25) is 0 Å². The van der Waals surface area contributed by atoms with Crippen molar-refractivity contribution in [3.8, 4) is 5.75 Å². The summed E-state index contributed by atoms with van der Waals surface area (Å²) in [6.45, 7) is 6.44. The van der Waals surface area contributed by atoms with Gasteiger partial charge in [-0.3, -0.25) is 0 Å². The van der Waals surface area contributed by atoms with Gasteiger partial charge in [-0.05, 0) is 38.8 Å². The number of para-hydroxylation sites is 1. The molecule has 0 aliphatic heterocycles. The van der Waals surface area contributed by atoms with Gasteiger partial charge in [-0.2, -0.15) is 0 Å². The summed E-state index contributed by atoms with van der Waals surface area (Å²) < 4.78 is 5.26. The van der Waals surface area contributed by atoms with Gasteiger partial charge in [-0.25, -0.2) is 4.79 Å². The van der Waals surface area contributed by atoms with Gasteiger partial charge >= 0.3 is 6.03 Å². The van der Waals surface area contributed by atoms with Crippen LogP contribution in [0.3, 0.4) is 0 Å². The average molecular weight is 250 g/mol. The van der Waals surface area contributed by atoms with Gasteiger partial charge in [0.15, 0.2) is 0 Å². The third kappa shape index (κ3) is 5.08. The summed E-state index contributed by atoms with van der Waals surface area (Å²) in [6.07, 6.45) is 0.752. The predicted molar refractivity (Wildman–Crippen MR) is 73.0 cm³/mol. The van der Waals surface area contributed by atoms with E-state index in [1.807, 2.05) is 45.0 Å². The van der Waals surface area contributed by atoms with E-state index in [1.54, 1.807) is 7.11 Å². The maximum atomic E-state index is 11.5. The van der Waals surface area contributed by atoms with Crippen LogP contribution < -0.4 is 15.4 Å².